The molecule has 0 fully saturated rings. The van der Waals surface area contributed by atoms with Crippen LogP contribution in [0.25, 0.3) is 10.9 Å². The van der Waals surface area contributed by atoms with Crippen molar-refractivity contribution < 1.29 is 4.74 Å². The van der Waals surface area contributed by atoms with Crippen molar-refractivity contribution in [2.24, 2.45) is 0 Å². The van der Waals surface area contributed by atoms with Gasteiger partial charge in [0.15, 0.2) is 0 Å². The van der Waals surface area contributed by atoms with Gasteiger partial charge in [-0.2, -0.15) is 0 Å². The fourth-order valence-electron chi connectivity index (χ4n) is 2.50. The predicted molar refractivity (Wildman–Crippen MR) is 85.5 cm³/mol. The van der Waals surface area contributed by atoms with Crippen LogP contribution in [0.4, 0.5) is 0 Å². The molecule has 110 valence electrons. The Morgan fingerprint density at radius 3 is 2.80 bits per heavy atom. The van der Waals surface area contributed by atoms with Gasteiger partial charge in [-0.3, -0.25) is 0 Å². The van der Waals surface area contributed by atoms with Crippen LogP contribution < -0.4 is 10.1 Å². The second-order valence-electron chi connectivity index (χ2n) is 5.09. The molecule has 1 heterocycles. The standard InChI is InChI=1S/C17H26N2O/c1-3-5-6-11-18-12-14-19-13-10-15-16(19)8-7-9-17(15)20-4-2/h7-10,13,18H,3-6,11-12,14H2,1-2H3. The monoisotopic (exact) mass is 274 g/mol. The van der Waals surface area contributed by atoms with Gasteiger partial charge in [-0.05, 0) is 38.1 Å². The number of hydrogen-bond acceptors (Lipinski definition) is 2. The maximum Gasteiger partial charge on any atom is 0.128 e. The van der Waals surface area contributed by atoms with Gasteiger partial charge in [-0.15, -0.1) is 0 Å². The van der Waals surface area contributed by atoms with Crippen molar-refractivity contribution in [3.05, 3.63) is 30.5 Å². The van der Waals surface area contributed by atoms with E-state index in [1.807, 2.05) is 13.0 Å². The summed E-state index contributed by atoms with van der Waals surface area (Å²) in [6.45, 7) is 8.12. The molecule has 0 atom stereocenters. The predicted octanol–water partition coefficient (Wildman–Crippen LogP) is 3.82. The average molecular weight is 274 g/mol. The molecule has 3 nitrogen and oxygen atoms in total. The first-order valence-corrected chi connectivity index (χ1v) is 7.78. The van der Waals surface area contributed by atoms with Crippen molar-refractivity contribution in [3.8, 4) is 5.75 Å². The van der Waals surface area contributed by atoms with Gasteiger partial charge < -0.3 is 14.6 Å². The average Bonchev–Trinajstić information content (AvgIpc) is 2.87. The zero-order valence-corrected chi connectivity index (χ0v) is 12.7. The summed E-state index contributed by atoms with van der Waals surface area (Å²) >= 11 is 0. The Morgan fingerprint density at radius 1 is 1.10 bits per heavy atom. The number of aromatic nitrogens is 1. The molecule has 0 bridgehead atoms. The van der Waals surface area contributed by atoms with Crippen molar-refractivity contribution in [1.82, 2.24) is 9.88 Å². The highest BCUT2D eigenvalue weighted by molar-refractivity contribution is 5.86. The zero-order chi connectivity index (χ0) is 14.2. The lowest BCUT2D eigenvalue weighted by atomic mass is 10.2. The highest BCUT2D eigenvalue weighted by Gasteiger charge is 2.05. The van der Waals surface area contributed by atoms with Crippen molar-refractivity contribution >= 4 is 10.9 Å². The molecule has 0 aliphatic heterocycles. The molecule has 20 heavy (non-hydrogen) atoms. The largest absolute Gasteiger partial charge is 0.493 e. The lowest BCUT2D eigenvalue weighted by Crippen LogP contribution is -2.20. The third kappa shape index (κ3) is 3.76. The van der Waals surface area contributed by atoms with Gasteiger partial charge in [0, 0.05) is 24.7 Å². The number of nitrogens with one attached hydrogen (secondary N) is 1. The van der Waals surface area contributed by atoms with E-state index in [-0.39, 0.29) is 0 Å². The first kappa shape index (κ1) is 14.9. The zero-order valence-electron chi connectivity index (χ0n) is 12.7. The Morgan fingerprint density at radius 2 is 2.00 bits per heavy atom. The smallest absolute Gasteiger partial charge is 0.128 e. The van der Waals surface area contributed by atoms with Crippen LogP contribution in [-0.2, 0) is 6.54 Å². The van der Waals surface area contributed by atoms with Crippen molar-refractivity contribution in [1.29, 1.82) is 0 Å². The number of unbranched alkanes of at least 4 members (excludes halogenated alkanes) is 2. The van der Waals surface area contributed by atoms with Crippen LogP contribution in [0, 0.1) is 0 Å². The SMILES string of the molecule is CCCCCNCCn1ccc2c(OCC)cccc21. The quantitative estimate of drug-likeness (QED) is 0.704. The molecule has 1 aromatic carbocycles. The highest BCUT2D eigenvalue weighted by atomic mass is 16.5. The summed E-state index contributed by atoms with van der Waals surface area (Å²) in [5, 5.41) is 4.72. The minimum absolute atomic E-state index is 0.712. The molecule has 2 rings (SSSR count). The summed E-state index contributed by atoms with van der Waals surface area (Å²) in [7, 11) is 0. The summed E-state index contributed by atoms with van der Waals surface area (Å²) in [5.74, 6) is 0.986. The van der Waals surface area contributed by atoms with Crippen LogP contribution >= 0.6 is 0 Å². The van der Waals surface area contributed by atoms with E-state index in [2.05, 4.69) is 41.2 Å². The topological polar surface area (TPSA) is 26.2 Å². The third-order valence-electron chi connectivity index (χ3n) is 3.56. The molecule has 0 aliphatic rings. The number of rotatable bonds is 9. The van der Waals surface area contributed by atoms with Gasteiger partial charge >= 0.3 is 0 Å². The van der Waals surface area contributed by atoms with E-state index in [0.29, 0.717) is 6.61 Å². The van der Waals surface area contributed by atoms with Crippen LogP contribution in [0.5, 0.6) is 5.75 Å². The van der Waals surface area contributed by atoms with E-state index in [0.717, 1.165) is 25.4 Å². The van der Waals surface area contributed by atoms with Crippen molar-refractivity contribution in [2.45, 2.75) is 39.7 Å². The second kappa shape index (κ2) is 7.95. The van der Waals surface area contributed by atoms with Gasteiger partial charge in [0.05, 0.1) is 12.1 Å². The summed E-state index contributed by atoms with van der Waals surface area (Å²) in [5.41, 5.74) is 1.26. The van der Waals surface area contributed by atoms with Crippen LogP contribution in [-0.4, -0.2) is 24.3 Å². The lowest BCUT2D eigenvalue weighted by Gasteiger charge is -2.08. The molecule has 3 heteroatoms. The number of hydrogen-bond donors (Lipinski definition) is 1. The molecule has 1 N–H and O–H groups in total. The molecule has 0 saturated carbocycles. The fraction of sp³-hybridized carbons (Fsp3) is 0.529. The normalized spacial score (nSPS) is 11.1. The van der Waals surface area contributed by atoms with E-state index in [1.165, 1.54) is 30.2 Å². The molecular weight excluding hydrogens is 248 g/mol. The van der Waals surface area contributed by atoms with Gasteiger partial charge in [-0.1, -0.05) is 25.8 Å². The van der Waals surface area contributed by atoms with Crippen molar-refractivity contribution in [2.75, 3.05) is 19.7 Å². The van der Waals surface area contributed by atoms with Gasteiger partial charge in [-0.25, -0.2) is 0 Å². The first-order chi connectivity index (χ1) is 9.86. The summed E-state index contributed by atoms with van der Waals surface area (Å²) in [4.78, 5) is 0. The number of fused-ring (bicyclic) bond motifs is 1. The summed E-state index contributed by atoms with van der Waals surface area (Å²) in [6.07, 6.45) is 6.03. The maximum absolute atomic E-state index is 5.67. The Bertz CT molecular complexity index is 519. The Hall–Kier alpha value is -1.48. The van der Waals surface area contributed by atoms with E-state index in [1.54, 1.807) is 0 Å². The van der Waals surface area contributed by atoms with Crippen LogP contribution in [0.1, 0.15) is 33.1 Å². The molecule has 2 aromatic rings. The minimum atomic E-state index is 0.712. The molecule has 0 radical (unpaired) electrons. The summed E-state index contributed by atoms with van der Waals surface area (Å²) < 4.78 is 7.97. The van der Waals surface area contributed by atoms with E-state index in [9.17, 15) is 0 Å². The van der Waals surface area contributed by atoms with Crippen LogP contribution in [0.15, 0.2) is 30.5 Å². The number of ether oxygens (including phenoxy) is 1. The molecule has 0 spiro atoms. The first-order valence-electron chi connectivity index (χ1n) is 7.78. The molecule has 0 unspecified atom stereocenters. The molecule has 0 saturated heterocycles. The number of benzene rings is 1. The molecule has 0 aliphatic carbocycles. The van der Waals surface area contributed by atoms with Gasteiger partial charge in [0.1, 0.15) is 5.75 Å². The molecule has 0 amide bonds. The molecular formula is C17H26N2O. The highest BCUT2D eigenvalue weighted by Crippen LogP contribution is 2.26. The Labute approximate surface area is 121 Å². The van der Waals surface area contributed by atoms with E-state index >= 15 is 0 Å². The van der Waals surface area contributed by atoms with E-state index in [4.69, 9.17) is 4.74 Å². The third-order valence-corrected chi connectivity index (χ3v) is 3.56. The maximum atomic E-state index is 5.67. The second-order valence-corrected chi connectivity index (χ2v) is 5.09. The lowest BCUT2D eigenvalue weighted by molar-refractivity contribution is 0.344. The van der Waals surface area contributed by atoms with Crippen LogP contribution in [0.2, 0.25) is 0 Å². The fourth-order valence-corrected chi connectivity index (χ4v) is 2.50. The minimum Gasteiger partial charge on any atom is -0.493 e. The number of nitrogens with zero attached hydrogens (tertiary/aromatic N) is 1. The van der Waals surface area contributed by atoms with Crippen LogP contribution in [0.3, 0.4) is 0 Å². The molecule has 1 aromatic heterocycles. The Balaban J connectivity index is 1.92. The Kier molecular flexibility index (Phi) is 5.93. The van der Waals surface area contributed by atoms with Crippen molar-refractivity contribution in [3.63, 3.8) is 0 Å². The van der Waals surface area contributed by atoms with E-state index < -0.39 is 0 Å². The van der Waals surface area contributed by atoms with Gasteiger partial charge in [0.2, 0.25) is 0 Å². The summed E-state index contributed by atoms with van der Waals surface area (Å²) in [6, 6.07) is 8.42. The van der Waals surface area contributed by atoms with Gasteiger partial charge in [0.25, 0.3) is 0 Å².